The second kappa shape index (κ2) is 3.35. The quantitative estimate of drug-likeness (QED) is 0.588. The standard InChI is InChI=1S/C11H21F/c1-4-11(5-2)8-6-10(3,12)7-9-11/h4-9H2,1-3H3. The Hall–Kier alpha value is -0.0700. The third-order valence-corrected chi connectivity index (χ3v) is 3.85. The minimum atomic E-state index is -0.867. The largest absolute Gasteiger partial charge is 0.244 e. The molecular formula is C11H21F. The molecule has 1 heteroatoms. The molecule has 0 aromatic heterocycles. The van der Waals surface area contributed by atoms with Crippen LogP contribution < -0.4 is 0 Å². The molecule has 0 nitrogen and oxygen atoms in total. The fourth-order valence-electron chi connectivity index (χ4n) is 2.26. The van der Waals surface area contributed by atoms with Gasteiger partial charge in [-0.1, -0.05) is 26.7 Å². The van der Waals surface area contributed by atoms with E-state index in [1.54, 1.807) is 6.92 Å². The average Bonchev–Trinajstić information content (AvgIpc) is 2.06. The van der Waals surface area contributed by atoms with Crippen molar-refractivity contribution in [2.45, 2.75) is 65.0 Å². The summed E-state index contributed by atoms with van der Waals surface area (Å²) in [6.45, 7) is 6.23. The summed E-state index contributed by atoms with van der Waals surface area (Å²) in [6, 6.07) is 0. The number of rotatable bonds is 2. The Bertz CT molecular complexity index is 133. The van der Waals surface area contributed by atoms with Gasteiger partial charge in [-0.05, 0) is 38.0 Å². The van der Waals surface area contributed by atoms with Crippen LogP contribution in [0.3, 0.4) is 0 Å². The van der Waals surface area contributed by atoms with Gasteiger partial charge in [0.15, 0.2) is 0 Å². The van der Waals surface area contributed by atoms with Crippen molar-refractivity contribution >= 4 is 0 Å². The van der Waals surface area contributed by atoms with Crippen LogP contribution in [0.5, 0.6) is 0 Å². The van der Waals surface area contributed by atoms with Crippen LogP contribution in [0.1, 0.15) is 59.3 Å². The first-order chi connectivity index (χ1) is 5.54. The fourth-order valence-corrected chi connectivity index (χ4v) is 2.26. The zero-order chi connectivity index (χ0) is 9.24. The van der Waals surface area contributed by atoms with E-state index in [1.165, 1.54) is 12.8 Å². The minimum Gasteiger partial charge on any atom is -0.244 e. The number of alkyl halides is 1. The van der Waals surface area contributed by atoms with Crippen molar-refractivity contribution in [2.75, 3.05) is 0 Å². The molecule has 0 saturated heterocycles. The first kappa shape index (κ1) is 10.0. The van der Waals surface area contributed by atoms with E-state index in [0.717, 1.165) is 25.7 Å². The highest BCUT2D eigenvalue weighted by Gasteiger charge is 2.37. The maximum absolute atomic E-state index is 13.5. The second-order valence-corrected chi connectivity index (χ2v) is 4.62. The predicted octanol–water partition coefficient (Wildman–Crippen LogP) is 4.10. The van der Waals surface area contributed by atoms with Crippen molar-refractivity contribution in [3.8, 4) is 0 Å². The molecule has 1 fully saturated rings. The summed E-state index contributed by atoms with van der Waals surface area (Å²) < 4.78 is 13.5. The Labute approximate surface area is 75.5 Å². The van der Waals surface area contributed by atoms with E-state index in [-0.39, 0.29) is 0 Å². The Morgan fingerprint density at radius 2 is 1.42 bits per heavy atom. The van der Waals surface area contributed by atoms with Gasteiger partial charge in [-0.3, -0.25) is 0 Å². The number of halogens is 1. The van der Waals surface area contributed by atoms with Gasteiger partial charge < -0.3 is 0 Å². The van der Waals surface area contributed by atoms with Gasteiger partial charge in [0, 0.05) is 0 Å². The van der Waals surface area contributed by atoms with E-state index in [0.29, 0.717) is 5.41 Å². The Balaban J connectivity index is 2.53. The summed E-state index contributed by atoms with van der Waals surface area (Å²) in [5, 5.41) is 0. The Kier molecular flexibility index (Phi) is 2.80. The smallest absolute Gasteiger partial charge is 0.108 e. The molecule has 1 aliphatic rings. The van der Waals surface area contributed by atoms with Crippen LogP contribution in [-0.2, 0) is 0 Å². The predicted molar refractivity (Wildman–Crippen MR) is 51.0 cm³/mol. The molecule has 1 saturated carbocycles. The molecule has 0 aromatic rings. The minimum absolute atomic E-state index is 0.478. The highest BCUT2D eigenvalue weighted by Crippen LogP contribution is 2.46. The molecule has 1 rings (SSSR count). The lowest BCUT2D eigenvalue weighted by atomic mass is 9.67. The van der Waals surface area contributed by atoms with Gasteiger partial charge >= 0.3 is 0 Å². The lowest BCUT2D eigenvalue weighted by Crippen LogP contribution is -2.33. The van der Waals surface area contributed by atoms with Crippen molar-refractivity contribution in [1.82, 2.24) is 0 Å². The monoisotopic (exact) mass is 172 g/mol. The van der Waals surface area contributed by atoms with Crippen molar-refractivity contribution in [3.63, 3.8) is 0 Å². The van der Waals surface area contributed by atoms with Crippen molar-refractivity contribution in [3.05, 3.63) is 0 Å². The van der Waals surface area contributed by atoms with E-state index in [2.05, 4.69) is 13.8 Å². The maximum atomic E-state index is 13.5. The second-order valence-electron chi connectivity index (χ2n) is 4.62. The molecule has 72 valence electrons. The van der Waals surface area contributed by atoms with Gasteiger partial charge in [0.2, 0.25) is 0 Å². The molecule has 0 heterocycles. The van der Waals surface area contributed by atoms with Crippen LogP contribution in [-0.4, -0.2) is 5.67 Å². The molecule has 0 bridgehead atoms. The van der Waals surface area contributed by atoms with Crippen LogP contribution in [0, 0.1) is 5.41 Å². The van der Waals surface area contributed by atoms with E-state index in [4.69, 9.17) is 0 Å². The molecule has 0 aliphatic heterocycles. The van der Waals surface area contributed by atoms with Crippen LogP contribution in [0.25, 0.3) is 0 Å². The van der Waals surface area contributed by atoms with Crippen LogP contribution >= 0.6 is 0 Å². The Morgan fingerprint density at radius 3 is 1.75 bits per heavy atom. The van der Waals surface area contributed by atoms with Crippen LogP contribution in [0.2, 0.25) is 0 Å². The number of hydrogen-bond donors (Lipinski definition) is 0. The van der Waals surface area contributed by atoms with E-state index in [1.807, 2.05) is 0 Å². The lowest BCUT2D eigenvalue weighted by Gasteiger charge is -2.40. The fraction of sp³-hybridized carbons (Fsp3) is 1.00. The summed E-state index contributed by atoms with van der Waals surface area (Å²) in [4.78, 5) is 0. The van der Waals surface area contributed by atoms with Gasteiger partial charge in [0.25, 0.3) is 0 Å². The normalized spacial score (nSPS) is 27.0. The zero-order valence-corrected chi connectivity index (χ0v) is 8.62. The first-order valence-electron chi connectivity index (χ1n) is 5.22. The molecule has 0 N–H and O–H groups in total. The lowest BCUT2D eigenvalue weighted by molar-refractivity contribution is 0.0472. The number of hydrogen-bond acceptors (Lipinski definition) is 0. The van der Waals surface area contributed by atoms with E-state index < -0.39 is 5.67 Å². The summed E-state index contributed by atoms with van der Waals surface area (Å²) in [5.74, 6) is 0. The maximum Gasteiger partial charge on any atom is 0.108 e. The van der Waals surface area contributed by atoms with Gasteiger partial charge in [-0.15, -0.1) is 0 Å². The molecule has 12 heavy (non-hydrogen) atoms. The molecule has 1 aliphatic carbocycles. The molecule has 0 unspecified atom stereocenters. The van der Waals surface area contributed by atoms with Crippen LogP contribution in [0.4, 0.5) is 4.39 Å². The topological polar surface area (TPSA) is 0 Å². The van der Waals surface area contributed by atoms with Gasteiger partial charge in [-0.2, -0.15) is 0 Å². The summed E-state index contributed by atoms with van der Waals surface area (Å²) in [6.07, 6.45) is 6.17. The first-order valence-corrected chi connectivity index (χ1v) is 5.22. The summed E-state index contributed by atoms with van der Waals surface area (Å²) >= 11 is 0. The van der Waals surface area contributed by atoms with Crippen LogP contribution in [0.15, 0.2) is 0 Å². The Morgan fingerprint density at radius 1 is 1.00 bits per heavy atom. The van der Waals surface area contributed by atoms with Crippen molar-refractivity contribution in [2.24, 2.45) is 5.41 Å². The average molecular weight is 172 g/mol. The SMILES string of the molecule is CCC1(CC)CCC(C)(F)CC1. The van der Waals surface area contributed by atoms with Crippen molar-refractivity contribution in [1.29, 1.82) is 0 Å². The van der Waals surface area contributed by atoms with E-state index >= 15 is 0 Å². The molecule has 0 amide bonds. The van der Waals surface area contributed by atoms with Crippen molar-refractivity contribution < 1.29 is 4.39 Å². The third kappa shape index (κ3) is 1.99. The van der Waals surface area contributed by atoms with Gasteiger partial charge in [0.1, 0.15) is 5.67 Å². The molecule has 0 radical (unpaired) electrons. The molecule has 0 spiro atoms. The van der Waals surface area contributed by atoms with Gasteiger partial charge in [0.05, 0.1) is 0 Å². The van der Waals surface area contributed by atoms with Gasteiger partial charge in [-0.25, -0.2) is 4.39 Å². The highest BCUT2D eigenvalue weighted by atomic mass is 19.1. The molecule has 0 aromatic carbocycles. The third-order valence-electron chi connectivity index (χ3n) is 3.85. The molecule has 0 atom stereocenters. The zero-order valence-electron chi connectivity index (χ0n) is 8.62. The summed E-state index contributed by atoms with van der Waals surface area (Å²) in [5.41, 5.74) is -0.389. The van der Waals surface area contributed by atoms with E-state index in [9.17, 15) is 4.39 Å². The highest BCUT2D eigenvalue weighted by molar-refractivity contribution is 4.89. The molecular weight excluding hydrogens is 151 g/mol. The summed E-state index contributed by atoms with van der Waals surface area (Å²) in [7, 11) is 0.